The van der Waals surface area contributed by atoms with Gasteiger partial charge in [-0.2, -0.15) is 0 Å². The van der Waals surface area contributed by atoms with Gasteiger partial charge in [0.15, 0.2) is 0 Å². The fraction of sp³-hybridized carbons (Fsp3) is 1.00. The first-order chi connectivity index (χ1) is 7.87. The molecule has 2 bridgehead atoms. The van der Waals surface area contributed by atoms with Gasteiger partial charge in [-0.15, -0.1) is 0 Å². The van der Waals surface area contributed by atoms with Crippen molar-refractivity contribution in [3.63, 3.8) is 0 Å². The van der Waals surface area contributed by atoms with Crippen molar-refractivity contribution in [2.75, 3.05) is 13.1 Å². The SMILES string of the molecule is CC1(C)CN(C2CC3CCC2C3)C(C)(C)CN1. The number of hydrogen-bond donors (Lipinski definition) is 1. The lowest BCUT2D eigenvalue weighted by Crippen LogP contribution is -2.68. The zero-order valence-electron chi connectivity index (χ0n) is 11.9. The van der Waals surface area contributed by atoms with E-state index in [1.54, 1.807) is 0 Å². The van der Waals surface area contributed by atoms with E-state index in [-0.39, 0.29) is 5.54 Å². The Bertz CT molecular complexity index is 308. The Morgan fingerprint density at radius 3 is 2.41 bits per heavy atom. The average molecular weight is 236 g/mol. The van der Waals surface area contributed by atoms with E-state index in [9.17, 15) is 0 Å². The van der Waals surface area contributed by atoms with Crippen LogP contribution in [0.5, 0.6) is 0 Å². The lowest BCUT2D eigenvalue weighted by molar-refractivity contribution is -0.0158. The highest BCUT2D eigenvalue weighted by Gasteiger charge is 2.48. The lowest BCUT2D eigenvalue weighted by Gasteiger charge is -2.53. The summed E-state index contributed by atoms with van der Waals surface area (Å²) in [6.45, 7) is 11.9. The van der Waals surface area contributed by atoms with Gasteiger partial charge in [0.2, 0.25) is 0 Å². The fourth-order valence-corrected chi connectivity index (χ4v) is 4.41. The fourth-order valence-electron chi connectivity index (χ4n) is 4.41. The molecule has 2 aliphatic carbocycles. The molecule has 0 spiro atoms. The van der Waals surface area contributed by atoms with Crippen LogP contribution in [0.15, 0.2) is 0 Å². The van der Waals surface area contributed by atoms with E-state index in [1.165, 1.54) is 32.2 Å². The molecule has 0 amide bonds. The van der Waals surface area contributed by atoms with Crippen LogP contribution in [0.25, 0.3) is 0 Å². The molecule has 3 rings (SSSR count). The van der Waals surface area contributed by atoms with Crippen molar-refractivity contribution in [2.45, 2.75) is 70.5 Å². The first kappa shape index (κ1) is 12.0. The second kappa shape index (κ2) is 3.71. The second-order valence-electron chi connectivity index (χ2n) is 7.92. The molecule has 3 atom stereocenters. The minimum atomic E-state index is 0.289. The van der Waals surface area contributed by atoms with Gasteiger partial charge in [0, 0.05) is 30.2 Å². The Balaban J connectivity index is 1.79. The number of hydrogen-bond acceptors (Lipinski definition) is 2. The smallest absolute Gasteiger partial charge is 0.0281 e. The van der Waals surface area contributed by atoms with Crippen molar-refractivity contribution < 1.29 is 0 Å². The van der Waals surface area contributed by atoms with Crippen LogP contribution >= 0.6 is 0 Å². The van der Waals surface area contributed by atoms with Crippen LogP contribution in [0, 0.1) is 11.8 Å². The first-order valence-corrected chi connectivity index (χ1v) is 7.39. The van der Waals surface area contributed by atoms with Crippen molar-refractivity contribution in [1.29, 1.82) is 0 Å². The number of nitrogens with one attached hydrogen (secondary N) is 1. The molecule has 3 unspecified atom stereocenters. The zero-order chi connectivity index (χ0) is 12.3. The Morgan fingerprint density at radius 2 is 1.82 bits per heavy atom. The summed E-state index contributed by atoms with van der Waals surface area (Å²) in [4.78, 5) is 2.84. The topological polar surface area (TPSA) is 15.3 Å². The van der Waals surface area contributed by atoms with E-state index in [2.05, 4.69) is 37.9 Å². The van der Waals surface area contributed by atoms with E-state index >= 15 is 0 Å². The molecule has 0 aromatic heterocycles. The summed E-state index contributed by atoms with van der Waals surface area (Å²) in [7, 11) is 0. The van der Waals surface area contributed by atoms with Crippen molar-refractivity contribution >= 4 is 0 Å². The molecule has 0 radical (unpaired) electrons. The van der Waals surface area contributed by atoms with Crippen molar-refractivity contribution in [1.82, 2.24) is 10.2 Å². The summed E-state index contributed by atoms with van der Waals surface area (Å²) >= 11 is 0. The van der Waals surface area contributed by atoms with E-state index < -0.39 is 0 Å². The highest BCUT2D eigenvalue weighted by Crippen LogP contribution is 2.48. The number of nitrogens with zero attached hydrogens (tertiary/aromatic N) is 1. The Hall–Kier alpha value is -0.0800. The van der Waals surface area contributed by atoms with Gasteiger partial charge in [0.25, 0.3) is 0 Å². The third kappa shape index (κ3) is 2.04. The van der Waals surface area contributed by atoms with E-state index in [0.29, 0.717) is 5.54 Å². The number of rotatable bonds is 1. The molecule has 3 fully saturated rings. The van der Waals surface area contributed by atoms with Crippen molar-refractivity contribution in [3.05, 3.63) is 0 Å². The summed E-state index contributed by atoms with van der Waals surface area (Å²) in [6, 6.07) is 0.880. The van der Waals surface area contributed by atoms with Gasteiger partial charge < -0.3 is 5.32 Å². The molecule has 1 N–H and O–H groups in total. The van der Waals surface area contributed by atoms with Crippen molar-refractivity contribution in [3.8, 4) is 0 Å². The molecular formula is C15H28N2. The van der Waals surface area contributed by atoms with Crippen LogP contribution < -0.4 is 5.32 Å². The highest BCUT2D eigenvalue weighted by atomic mass is 15.3. The van der Waals surface area contributed by atoms with Gasteiger partial charge >= 0.3 is 0 Å². The van der Waals surface area contributed by atoms with Crippen LogP contribution in [-0.2, 0) is 0 Å². The molecule has 1 aliphatic heterocycles. The van der Waals surface area contributed by atoms with Crippen LogP contribution in [0.2, 0.25) is 0 Å². The molecular weight excluding hydrogens is 208 g/mol. The summed E-state index contributed by atoms with van der Waals surface area (Å²) in [5, 5.41) is 3.70. The van der Waals surface area contributed by atoms with Gasteiger partial charge in [-0.25, -0.2) is 0 Å². The summed E-state index contributed by atoms with van der Waals surface area (Å²) in [5.41, 5.74) is 0.627. The van der Waals surface area contributed by atoms with Crippen LogP contribution in [0.4, 0.5) is 0 Å². The van der Waals surface area contributed by atoms with E-state index in [4.69, 9.17) is 0 Å². The molecule has 1 saturated heterocycles. The molecule has 1 heterocycles. The summed E-state index contributed by atoms with van der Waals surface area (Å²) in [6.07, 6.45) is 6.00. The maximum atomic E-state index is 3.70. The third-order valence-corrected chi connectivity index (χ3v) is 5.44. The standard InChI is InChI=1S/C15H28N2/c1-14(2)10-17(15(3,4)9-16-14)13-8-11-5-6-12(13)7-11/h11-13,16H,5-10H2,1-4H3. The van der Waals surface area contributed by atoms with Crippen LogP contribution in [0.1, 0.15) is 53.4 Å². The quantitative estimate of drug-likeness (QED) is 0.753. The normalized spacial score (nSPS) is 44.1. The van der Waals surface area contributed by atoms with E-state index in [0.717, 1.165) is 24.4 Å². The predicted molar refractivity (Wildman–Crippen MR) is 72.1 cm³/mol. The first-order valence-electron chi connectivity index (χ1n) is 7.39. The van der Waals surface area contributed by atoms with Crippen LogP contribution in [-0.4, -0.2) is 35.1 Å². The Labute approximate surface area is 106 Å². The maximum Gasteiger partial charge on any atom is 0.0281 e. The maximum absolute atomic E-state index is 3.70. The van der Waals surface area contributed by atoms with Gasteiger partial charge in [-0.05, 0) is 58.8 Å². The lowest BCUT2D eigenvalue weighted by atomic mass is 9.85. The average Bonchev–Trinajstić information content (AvgIpc) is 2.83. The van der Waals surface area contributed by atoms with Gasteiger partial charge in [0.1, 0.15) is 0 Å². The molecule has 2 nitrogen and oxygen atoms in total. The van der Waals surface area contributed by atoms with Crippen LogP contribution in [0.3, 0.4) is 0 Å². The van der Waals surface area contributed by atoms with Gasteiger partial charge in [-0.3, -0.25) is 4.90 Å². The second-order valence-corrected chi connectivity index (χ2v) is 7.92. The van der Waals surface area contributed by atoms with E-state index in [1.807, 2.05) is 0 Å². The molecule has 2 heteroatoms. The molecule has 17 heavy (non-hydrogen) atoms. The Kier molecular flexibility index (Phi) is 2.61. The number of piperazine rings is 1. The number of fused-ring (bicyclic) bond motifs is 2. The summed E-state index contributed by atoms with van der Waals surface area (Å²) in [5.74, 6) is 2.06. The monoisotopic (exact) mass is 236 g/mol. The highest BCUT2D eigenvalue weighted by molar-refractivity contribution is 5.05. The Morgan fingerprint density at radius 1 is 1.06 bits per heavy atom. The van der Waals surface area contributed by atoms with Gasteiger partial charge in [-0.1, -0.05) is 6.42 Å². The predicted octanol–water partition coefficient (Wildman–Crippen LogP) is 2.64. The molecule has 2 saturated carbocycles. The summed E-state index contributed by atoms with van der Waals surface area (Å²) < 4.78 is 0. The molecule has 0 aromatic rings. The van der Waals surface area contributed by atoms with Gasteiger partial charge in [0.05, 0.1) is 0 Å². The van der Waals surface area contributed by atoms with Crippen molar-refractivity contribution in [2.24, 2.45) is 11.8 Å². The minimum Gasteiger partial charge on any atom is -0.309 e. The third-order valence-electron chi connectivity index (χ3n) is 5.44. The molecule has 98 valence electrons. The molecule has 0 aromatic carbocycles. The largest absolute Gasteiger partial charge is 0.309 e. The zero-order valence-corrected chi connectivity index (χ0v) is 11.9. The molecule has 3 aliphatic rings. The minimum absolute atomic E-state index is 0.289.